The van der Waals surface area contributed by atoms with Crippen molar-refractivity contribution in [3.05, 3.63) is 24.0 Å². The Hall–Kier alpha value is -1.13. The summed E-state index contributed by atoms with van der Waals surface area (Å²) < 4.78 is 0. The van der Waals surface area contributed by atoms with Crippen LogP contribution in [-0.4, -0.2) is 61.1 Å². The lowest BCUT2D eigenvalue weighted by Crippen LogP contribution is -2.45. The van der Waals surface area contributed by atoms with Gasteiger partial charge in [-0.1, -0.05) is 0 Å². The number of rotatable bonds is 4. The summed E-state index contributed by atoms with van der Waals surface area (Å²) in [6, 6.07) is 2.04. The Balaban J connectivity index is 1.71. The smallest absolute Gasteiger partial charge is 0.0401 e. The molecule has 1 aromatic heterocycles. The quantitative estimate of drug-likeness (QED) is 0.844. The van der Waals surface area contributed by atoms with E-state index in [1.54, 1.807) is 0 Å². The van der Waals surface area contributed by atoms with Crippen LogP contribution in [0, 0.1) is 6.92 Å². The number of likely N-dealkylation sites (N-methyl/N-ethyl adjacent to an activating group) is 1. The molecule has 4 nitrogen and oxygen atoms in total. The van der Waals surface area contributed by atoms with Gasteiger partial charge in [0.15, 0.2) is 0 Å². The normalized spacial score (nSPS) is 18.2. The second kappa shape index (κ2) is 5.98. The summed E-state index contributed by atoms with van der Waals surface area (Å²) in [5, 5.41) is 3.48. The Morgan fingerprint density at radius 1 is 1.29 bits per heavy atom. The molecule has 2 heterocycles. The minimum absolute atomic E-state index is 1.01. The van der Waals surface area contributed by atoms with E-state index in [4.69, 9.17) is 0 Å². The van der Waals surface area contributed by atoms with E-state index in [1.165, 1.54) is 37.4 Å². The van der Waals surface area contributed by atoms with Gasteiger partial charge in [0.05, 0.1) is 0 Å². The minimum Gasteiger partial charge on any atom is -0.383 e. The van der Waals surface area contributed by atoms with Crippen molar-refractivity contribution >= 4 is 5.69 Å². The molecular weight excluding hydrogens is 212 g/mol. The summed E-state index contributed by atoms with van der Waals surface area (Å²) in [4.78, 5) is 9.00. The number of hydrogen-bond acceptors (Lipinski definition) is 4. The van der Waals surface area contributed by atoms with Gasteiger partial charge in [-0.3, -0.25) is 9.88 Å². The van der Waals surface area contributed by atoms with Crippen molar-refractivity contribution in [1.29, 1.82) is 0 Å². The highest BCUT2D eigenvalue weighted by molar-refractivity contribution is 5.48. The molecule has 1 N–H and O–H groups in total. The van der Waals surface area contributed by atoms with Crippen LogP contribution in [0.5, 0.6) is 0 Å². The van der Waals surface area contributed by atoms with E-state index in [1.807, 2.05) is 18.5 Å². The van der Waals surface area contributed by atoms with E-state index in [2.05, 4.69) is 34.1 Å². The van der Waals surface area contributed by atoms with Crippen LogP contribution in [0.4, 0.5) is 5.69 Å². The van der Waals surface area contributed by atoms with Crippen LogP contribution in [0.2, 0.25) is 0 Å². The molecule has 94 valence electrons. The maximum absolute atomic E-state index is 4.10. The van der Waals surface area contributed by atoms with Crippen molar-refractivity contribution in [2.24, 2.45) is 0 Å². The number of nitrogens with one attached hydrogen (secondary N) is 1. The Labute approximate surface area is 104 Å². The summed E-state index contributed by atoms with van der Waals surface area (Å²) in [6.45, 7) is 8.97. The van der Waals surface area contributed by atoms with Crippen molar-refractivity contribution in [2.45, 2.75) is 6.92 Å². The molecule has 1 fully saturated rings. The molecule has 0 amide bonds. The highest BCUT2D eigenvalue weighted by Gasteiger charge is 2.12. The fourth-order valence-electron chi connectivity index (χ4n) is 2.09. The number of nitrogens with zero attached hydrogens (tertiary/aromatic N) is 3. The predicted molar refractivity (Wildman–Crippen MR) is 71.4 cm³/mol. The molecule has 0 atom stereocenters. The molecule has 0 aromatic carbocycles. The fraction of sp³-hybridized carbons (Fsp3) is 0.615. The van der Waals surface area contributed by atoms with E-state index in [0.717, 1.165) is 13.1 Å². The van der Waals surface area contributed by atoms with Gasteiger partial charge in [0.25, 0.3) is 0 Å². The highest BCUT2D eigenvalue weighted by atomic mass is 15.2. The molecule has 1 aliphatic heterocycles. The first-order chi connectivity index (χ1) is 8.25. The van der Waals surface area contributed by atoms with E-state index in [0.29, 0.717) is 0 Å². The molecule has 0 aliphatic carbocycles. The van der Waals surface area contributed by atoms with Crippen LogP contribution in [0.3, 0.4) is 0 Å². The van der Waals surface area contributed by atoms with Gasteiger partial charge in [-0.15, -0.1) is 0 Å². The number of pyridine rings is 1. The molecule has 1 aliphatic rings. The molecule has 2 rings (SSSR count). The van der Waals surface area contributed by atoms with Crippen molar-refractivity contribution in [2.75, 3.05) is 51.6 Å². The van der Waals surface area contributed by atoms with E-state index in [-0.39, 0.29) is 0 Å². The number of aromatic nitrogens is 1. The Bertz CT molecular complexity index is 345. The first-order valence-corrected chi connectivity index (χ1v) is 6.31. The standard InChI is InChI=1S/C13H22N4/c1-12-11-14-4-3-13(12)15-5-6-17-9-7-16(2)8-10-17/h3-4,11H,5-10H2,1-2H3,(H,14,15). The summed E-state index contributed by atoms with van der Waals surface area (Å²) in [6.07, 6.45) is 3.74. The molecule has 4 heteroatoms. The van der Waals surface area contributed by atoms with Crippen LogP contribution in [0.15, 0.2) is 18.5 Å². The molecular formula is C13H22N4. The van der Waals surface area contributed by atoms with Crippen LogP contribution in [0.25, 0.3) is 0 Å². The fourth-order valence-corrected chi connectivity index (χ4v) is 2.09. The topological polar surface area (TPSA) is 31.4 Å². The van der Waals surface area contributed by atoms with Gasteiger partial charge in [0, 0.05) is 57.3 Å². The predicted octanol–water partition coefficient (Wildman–Crippen LogP) is 1.05. The van der Waals surface area contributed by atoms with Gasteiger partial charge in [-0.2, -0.15) is 0 Å². The zero-order chi connectivity index (χ0) is 12.1. The van der Waals surface area contributed by atoms with Crippen LogP contribution < -0.4 is 5.32 Å². The molecule has 0 saturated carbocycles. The third-order valence-electron chi connectivity index (χ3n) is 3.36. The van der Waals surface area contributed by atoms with Crippen LogP contribution >= 0.6 is 0 Å². The lowest BCUT2D eigenvalue weighted by atomic mass is 10.2. The van der Waals surface area contributed by atoms with Gasteiger partial charge in [-0.05, 0) is 25.6 Å². The minimum atomic E-state index is 1.01. The molecule has 17 heavy (non-hydrogen) atoms. The van der Waals surface area contributed by atoms with Crippen molar-refractivity contribution < 1.29 is 0 Å². The summed E-state index contributed by atoms with van der Waals surface area (Å²) >= 11 is 0. The van der Waals surface area contributed by atoms with Crippen molar-refractivity contribution in [1.82, 2.24) is 14.8 Å². The Morgan fingerprint density at radius 3 is 2.76 bits per heavy atom. The first kappa shape index (κ1) is 12.3. The third-order valence-corrected chi connectivity index (χ3v) is 3.36. The van der Waals surface area contributed by atoms with Crippen LogP contribution in [0.1, 0.15) is 5.56 Å². The molecule has 0 bridgehead atoms. The van der Waals surface area contributed by atoms with E-state index < -0.39 is 0 Å². The highest BCUT2D eigenvalue weighted by Crippen LogP contribution is 2.10. The number of aryl methyl sites for hydroxylation is 1. The molecule has 0 unspecified atom stereocenters. The zero-order valence-corrected chi connectivity index (χ0v) is 10.8. The summed E-state index contributed by atoms with van der Waals surface area (Å²) in [7, 11) is 2.19. The number of piperazine rings is 1. The second-order valence-electron chi connectivity index (χ2n) is 4.76. The average Bonchev–Trinajstić information content (AvgIpc) is 2.34. The summed E-state index contributed by atoms with van der Waals surface area (Å²) in [5.41, 5.74) is 2.42. The zero-order valence-electron chi connectivity index (χ0n) is 10.8. The Kier molecular flexibility index (Phi) is 4.34. The average molecular weight is 234 g/mol. The third kappa shape index (κ3) is 3.68. The maximum Gasteiger partial charge on any atom is 0.0401 e. The van der Waals surface area contributed by atoms with E-state index in [9.17, 15) is 0 Å². The van der Waals surface area contributed by atoms with E-state index >= 15 is 0 Å². The Morgan fingerprint density at radius 2 is 2.06 bits per heavy atom. The van der Waals surface area contributed by atoms with Crippen molar-refractivity contribution in [3.8, 4) is 0 Å². The molecule has 0 radical (unpaired) electrons. The molecule has 1 saturated heterocycles. The van der Waals surface area contributed by atoms with Crippen LogP contribution in [-0.2, 0) is 0 Å². The maximum atomic E-state index is 4.10. The second-order valence-corrected chi connectivity index (χ2v) is 4.76. The monoisotopic (exact) mass is 234 g/mol. The summed E-state index contributed by atoms with van der Waals surface area (Å²) in [5.74, 6) is 0. The number of hydrogen-bond donors (Lipinski definition) is 1. The van der Waals surface area contributed by atoms with Gasteiger partial charge in [0.2, 0.25) is 0 Å². The first-order valence-electron chi connectivity index (χ1n) is 6.31. The largest absolute Gasteiger partial charge is 0.383 e. The molecule has 1 aromatic rings. The van der Waals surface area contributed by atoms with Gasteiger partial charge >= 0.3 is 0 Å². The number of anilines is 1. The SMILES string of the molecule is Cc1cnccc1NCCN1CCN(C)CC1. The van der Waals surface area contributed by atoms with Gasteiger partial charge < -0.3 is 10.2 Å². The van der Waals surface area contributed by atoms with Gasteiger partial charge in [-0.25, -0.2) is 0 Å². The lowest BCUT2D eigenvalue weighted by molar-refractivity contribution is 0.158. The van der Waals surface area contributed by atoms with Crippen molar-refractivity contribution in [3.63, 3.8) is 0 Å². The molecule has 0 spiro atoms. The lowest BCUT2D eigenvalue weighted by Gasteiger charge is -2.32. The van der Waals surface area contributed by atoms with Gasteiger partial charge in [0.1, 0.15) is 0 Å².